The maximum Gasteiger partial charge on any atom is 0.412 e. The lowest BCUT2D eigenvalue weighted by Gasteiger charge is -2.41. The van der Waals surface area contributed by atoms with Crippen molar-refractivity contribution >= 4 is 89.3 Å². The number of halogens is 5. The molecular formula is C58H53ClF4N10O8S. The lowest BCUT2D eigenvalue weighted by atomic mass is 9.86. The summed E-state index contributed by atoms with van der Waals surface area (Å²) in [6, 6.07) is 11.0. The second kappa shape index (κ2) is 20.2. The first kappa shape index (κ1) is 54.7. The number of thiophene rings is 1. The van der Waals surface area contributed by atoms with Gasteiger partial charge in [-0.2, -0.15) is 15.2 Å². The molecule has 3 fully saturated rings. The van der Waals surface area contributed by atoms with Gasteiger partial charge in [0.2, 0.25) is 0 Å². The Labute approximate surface area is 474 Å². The summed E-state index contributed by atoms with van der Waals surface area (Å²) in [6.45, 7) is 12.1. The minimum atomic E-state index is -2.02. The van der Waals surface area contributed by atoms with Gasteiger partial charge in [0, 0.05) is 77.6 Å². The quantitative estimate of drug-likeness (QED) is 0.0622. The number of pyridine rings is 2. The zero-order valence-corrected chi connectivity index (χ0v) is 46.4. The van der Waals surface area contributed by atoms with Crippen molar-refractivity contribution in [1.29, 1.82) is 5.26 Å². The maximum absolute atomic E-state index is 17.5. The Kier molecular flexibility index (Phi) is 13.5. The van der Waals surface area contributed by atoms with Crippen LogP contribution in [0.25, 0.3) is 54.4 Å². The van der Waals surface area contributed by atoms with Crippen molar-refractivity contribution in [2.75, 3.05) is 55.3 Å². The van der Waals surface area contributed by atoms with E-state index in [4.69, 9.17) is 36.5 Å². The summed E-state index contributed by atoms with van der Waals surface area (Å²) in [5.74, 6) is -4.05. The highest BCUT2D eigenvalue weighted by atomic mass is 35.5. The van der Waals surface area contributed by atoms with Crippen molar-refractivity contribution in [2.24, 2.45) is 5.92 Å². The van der Waals surface area contributed by atoms with Gasteiger partial charge in [-0.1, -0.05) is 45.0 Å². The van der Waals surface area contributed by atoms with Gasteiger partial charge in [0.05, 0.1) is 61.1 Å². The van der Waals surface area contributed by atoms with Gasteiger partial charge in [-0.25, -0.2) is 32.1 Å². The number of cyclic esters (lactones) is 1. The van der Waals surface area contributed by atoms with Crippen molar-refractivity contribution in [3.05, 3.63) is 110 Å². The molecule has 0 radical (unpaired) electrons. The SMILES string of the molecule is C=C(C(=O)N1CCN(c2nc(OCC34CCCN3CC(F)C4)nc3c(F)c(-c4ccc(F)c5sc(N)c(C#N)c45)c(Cl)cc23)C(C)C1)C(OC(=O)Nc1cc2cc3c(nc2cc1F)-c1cc2c(c(=O)n1C3)COC(=O)C2(O)CC)C(C)C. The zero-order valence-electron chi connectivity index (χ0n) is 44.8. The zero-order chi connectivity index (χ0) is 58.0. The van der Waals surface area contributed by atoms with Crippen molar-refractivity contribution < 1.29 is 51.3 Å². The lowest BCUT2D eigenvalue weighted by molar-refractivity contribution is -0.172. The van der Waals surface area contributed by atoms with Crippen molar-refractivity contribution in [1.82, 2.24) is 29.3 Å². The second-order valence-corrected chi connectivity index (χ2v) is 23.5. The van der Waals surface area contributed by atoms with Crippen LogP contribution in [0.3, 0.4) is 0 Å². The number of nitrogens with two attached hydrogens (primary N) is 1. The number of aromatic nitrogens is 4. The Balaban J connectivity index is 0.783. The molecule has 5 atom stereocenters. The van der Waals surface area contributed by atoms with Crippen molar-refractivity contribution in [3.8, 4) is 34.6 Å². The minimum absolute atomic E-state index is 0.0303. The standard InChI is InChI=1S/C58H53ClF4N10O8S/c1-6-58(78)36-17-42-46-30(22-73(42)53(75)35(36)24-79-54(58)76)14-29-15-41(39(62)18-40(29)66-46)67-56(77)81-48(26(2)3)28(5)52(74)70-12-13-72(27(4)21-70)51-33-16-37(59)44(32-8-9-38(61)49-43(32)34(20-64)50(65)82-49)45(63)47(33)68-55(69-51)80-25-57-10-7-11-71(57)23-31(60)19-57/h8-9,14-18,26-27,31,48,78H,5-7,10-13,19,21-25,65H2,1-4H3,(H,67,77). The number of aliphatic hydroxyl groups is 1. The molecule has 2 amide bonds. The van der Waals surface area contributed by atoms with E-state index >= 15 is 13.2 Å². The summed E-state index contributed by atoms with van der Waals surface area (Å²) in [6.07, 6.45) is -1.54. The third kappa shape index (κ3) is 8.75. The molecule has 424 valence electrons. The van der Waals surface area contributed by atoms with Gasteiger partial charge >= 0.3 is 18.1 Å². The van der Waals surface area contributed by atoms with E-state index in [9.17, 15) is 33.9 Å². The molecule has 0 bridgehead atoms. The molecule has 9 heterocycles. The van der Waals surface area contributed by atoms with Crippen molar-refractivity contribution in [3.63, 3.8) is 0 Å². The van der Waals surface area contributed by atoms with Crippen LogP contribution in [-0.2, 0) is 37.8 Å². The number of hydrogen-bond donors (Lipinski definition) is 3. The summed E-state index contributed by atoms with van der Waals surface area (Å²) in [4.78, 5) is 73.9. The van der Waals surface area contributed by atoms with Crippen LogP contribution in [0.4, 0.5) is 38.9 Å². The first-order valence-electron chi connectivity index (χ1n) is 26.8. The van der Waals surface area contributed by atoms with Crippen LogP contribution in [0.15, 0.2) is 59.4 Å². The Hall–Kier alpha value is -7.91. The fourth-order valence-electron chi connectivity index (χ4n) is 12.6. The first-order chi connectivity index (χ1) is 39.1. The third-order valence-corrected chi connectivity index (χ3v) is 18.1. The van der Waals surface area contributed by atoms with Crippen LogP contribution >= 0.6 is 22.9 Å². The Morgan fingerprint density at radius 2 is 1.88 bits per heavy atom. The Morgan fingerprint density at radius 1 is 1.09 bits per heavy atom. The smallest absolute Gasteiger partial charge is 0.412 e. The summed E-state index contributed by atoms with van der Waals surface area (Å²) < 4.78 is 82.3. The number of nitrogen functional groups attached to an aromatic ring is 1. The highest BCUT2D eigenvalue weighted by Gasteiger charge is 2.50. The average molecular weight is 1160 g/mol. The number of nitriles is 1. The van der Waals surface area contributed by atoms with E-state index in [2.05, 4.69) is 26.8 Å². The average Bonchev–Trinajstić information content (AvgIpc) is 4.23. The Morgan fingerprint density at radius 3 is 2.62 bits per heavy atom. The predicted molar refractivity (Wildman–Crippen MR) is 299 cm³/mol. The maximum atomic E-state index is 17.5. The second-order valence-electron chi connectivity index (χ2n) is 22.0. The molecule has 18 nitrogen and oxygen atoms in total. The van der Waals surface area contributed by atoms with Crippen LogP contribution < -0.4 is 26.2 Å². The molecule has 0 saturated carbocycles. The number of piperazine rings is 1. The van der Waals surface area contributed by atoms with E-state index in [1.54, 1.807) is 37.8 Å². The van der Waals surface area contributed by atoms with E-state index in [0.717, 1.165) is 29.9 Å². The molecule has 7 aromatic rings. The van der Waals surface area contributed by atoms with Gasteiger partial charge in [0.1, 0.15) is 59.5 Å². The van der Waals surface area contributed by atoms with Crippen molar-refractivity contribution in [2.45, 2.75) is 96.0 Å². The normalized spacial score (nSPS) is 21.6. The van der Waals surface area contributed by atoms with Gasteiger partial charge in [-0.15, -0.1) is 11.3 Å². The number of nitrogens with zero attached hydrogens (tertiary/aromatic N) is 8. The number of esters is 1. The molecular weight excluding hydrogens is 1110 g/mol. The minimum Gasteiger partial charge on any atom is -0.461 e. The topological polar surface area (TPSA) is 231 Å². The third-order valence-electron chi connectivity index (χ3n) is 16.7. The number of rotatable bonds is 11. The molecule has 3 saturated heterocycles. The number of alkyl halides is 1. The molecule has 4 N–H and O–H groups in total. The number of benzene rings is 3. The number of amides is 2. The van der Waals surface area contributed by atoms with E-state index in [-0.39, 0.29) is 146 Å². The van der Waals surface area contributed by atoms with E-state index in [0.29, 0.717) is 35.3 Å². The molecule has 3 aromatic carbocycles. The fourth-order valence-corrected chi connectivity index (χ4v) is 13.8. The number of anilines is 3. The summed E-state index contributed by atoms with van der Waals surface area (Å²) >= 11 is 7.85. The number of hydrogen-bond acceptors (Lipinski definition) is 16. The number of nitrogens with one attached hydrogen (secondary N) is 1. The molecule has 82 heavy (non-hydrogen) atoms. The van der Waals surface area contributed by atoms with Gasteiger partial charge in [-0.3, -0.25) is 19.8 Å². The van der Waals surface area contributed by atoms with Crippen LogP contribution in [0.1, 0.15) is 75.6 Å². The largest absolute Gasteiger partial charge is 0.461 e. The molecule has 5 unspecified atom stereocenters. The lowest BCUT2D eigenvalue weighted by Crippen LogP contribution is -2.55. The summed E-state index contributed by atoms with van der Waals surface area (Å²) in [5, 5.41) is 24.4. The van der Waals surface area contributed by atoms with Gasteiger partial charge in [0.15, 0.2) is 11.4 Å². The number of carbonyl (C=O) groups excluding carboxylic acids is 3. The fraction of sp³-hybridized carbons (Fsp3) is 0.379. The molecule has 24 heteroatoms. The molecule has 12 rings (SSSR count). The van der Waals surface area contributed by atoms with Crippen LogP contribution in [0.2, 0.25) is 5.02 Å². The Bertz CT molecular complexity index is 4060. The molecule has 5 aliphatic rings. The summed E-state index contributed by atoms with van der Waals surface area (Å²) in [7, 11) is 0. The summed E-state index contributed by atoms with van der Waals surface area (Å²) in [5.41, 5.74) is 4.29. The molecule has 0 aliphatic carbocycles. The first-order valence-corrected chi connectivity index (χ1v) is 28.0. The molecule has 5 aliphatic heterocycles. The van der Waals surface area contributed by atoms with Gasteiger partial charge in [-0.05, 0) is 74.5 Å². The van der Waals surface area contributed by atoms with Gasteiger partial charge < -0.3 is 39.4 Å². The predicted octanol–water partition coefficient (Wildman–Crippen LogP) is 9.25. The highest BCUT2D eigenvalue weighted by molar-refractivity contribution is 7.23. The van der Waals surface area contributed by atoms with Gasteiger partial charge in [0.25, 0.3) is 11.5 Å². The van der Waals surface area contributed by atoms with Crippen LogP contribution in [0.5, 0.6) is 6.01 Å². The highest BCUT2D eigenvalue weighted by Crippen LogP contribution is 2.47. The number of ether oxygens (including phenoxy) is 3. The molecule has 4 aromatic heterocycles. The number of carbonyl (C=O) groups is 3. The van der Waals surface area contributed by atoms with Crippen LogP contribution in [0, 0.1) is 34.7 Å². The molecule has 0 spiro atoms. The van der Waals surface area contributed by atoms with E-state index in [1.807, 2.05) is 17.9 Å². The number of fused-ring (bicyclic) bond motifs is 8. The van der Waals surface area contributed by atoms with Crippen LogP contribution in [-0.4, -0.2) is 116 Å². The van der Waals surface area contributed by atoms with E-state index in [1.165, 1.54) is 22.8 Å². The monoisotopic (exact) mass is 1160 g/mol. The van der Waals surface area contributed by atoms with E-state index < -0.39 is 76.4 Å².